The quantitative estimate of drug-likeness (QED) is 0.176. The minimum atomic E-state index is -0.0639. The van der Waals surface area contributed by atoms with E-state index in [0.29, 0.717) is 11.3 Å². The summed E-state index contributed by atoms with van der Waals surface area (Å²) in [4.78, 5) is 9.99. The third kappa shape index (κ3) is 5.59. The van der Waals surface area contributed by atoms with Gasteiger partial charge in [-0.25, -0.2) is 0 Å². The normalized spacial score (nSPS) is 12.6. The molecule has 0 fully saturated rings. The average Bonchev–Trinajstić information content (AvgIpc) is 3.34. The molecule has 0 atom stereocenters. The van der Waals surface area contributed by atoms with E-state index in [1.165, 1.54) is 27.8 Å². The standard InChI is InChI=1S/C44H33N2O.Pt/c1-28-22-33(30-20-21-36-35-16-7-9-18-38(35)44(2,3)39(36)24-30)25-40(45-28)31-14-11-15-32(23-31)41-26-34(29-12-5-4-6-13-29)27-42(46-41)37-17-8-10-19-43(37)47;/h4-22,24-27,47H,1-3H3;/q-1;. The maximum atomic E-state index is 10.7. The number of aryl methyl sites for hydroxylation is 1. The number of hydrogen-bond donors (Lipinski definition) is 1. The van der Waals surface area contributed by atoms with Crippen LogP contribution in [0.1, 0.15) is 30.7 Å². The predicted octanol–water partition coefficient (Wildman–Crippen LogP) is 10.9. The Morgan fingerprint density at radius 3 is 1.85 bits per heavy atom. The molecule has 2 aromatic heterocycles. The molecular formula is C44H33N2OPt-. The summed E-state index contributed by atoms with van der Waals surface area (Å²) in [6.07, 6.45) is 0. The summed E-state index contributed by atoms with van der Waals surface area (Å²) in [5, 5.41) is 10.7. The zero-order valence-corrected chi connectivity index (χ0v) is 29.2. The predicted molar refractivity (Wildman–Crippen MR) is 192 cm³/mol. The van der Waals surface area contributed by atoms with Crippen molar-refractivity contribution in [3.63, 3.8) is 0 Å². The number of nitrogens with zero attached hydrogens (tertiary/aromatic N) is 2. The number of fused-ring (bicyclic) bond motifs is 3. The van der Waals surface area contributed by atoms with Crippen LogP contribution >= 0.6 is 0 Å². The SMILES string of the molecule is Cc1cc(-c2ccc3c(c2)C(C)(C)c2ccccc2-3)cc(-c2[c-]c(-c3cc(-c4ccccc4)cc(-c4ccccc4O)n3)ccc2)n1.[Pt]. The van der Waals surface area contributed by atoms with E-state index in [2.05, 4.69) is 98.8 Å². The van der Waals surface area contributed by atoms with Gasteiger partial charge < -0.3 is 5.11 Å². The molecule has 0 radical (unpaired) electrons. The minimum Gasteiger partial charge on any atom is -0.507 e. The Bertz CT molecular complexity index is 2310. The summed E-state index contributed by atoms with van der Waals surface area (Å²) in [6.45, 7) is 6.68. The molecule has 5 aromatic carbocycles. The zero-order valence-electron chi connectivity index (χ0n) is 26.9. The first-order valence-electron chi connectivity index (χ1n) is 16.0. The third-order valence-corrected chi connectivity index (χ3v) is 9.33. The molecule has 0 spiro atoms. The van der Waals surface area contributed by atoms with Crippen molar-refractivity contribution in [1.29, 1.82) is 0 Å². The van der Waals surface area contributed by atoms with Crippen molar-refractivity contribution >= 4 is 0 Å². The van der Waals surface area contributed by atoms with Gasteiger partial charge in [0.15, 0.2) is 0 Å². The summed E-state index contributed by atoms with van der Waals surface area (Å²) in [7, 11) is 0. The minimum absolute atomic E-state index is 0. The monoisotopic (exact) mass is 800 g/mol. The van der Waals surface area contributed by atoms with Crippen molar-refractivity contribution in [3.05, 3.63) is 162 Å². The molecule has 8 rings (SSSR count). The Kier molecular flexibility index (Phi) is 8.19. The van der Waals surface area contributed by atoms with Gasteiger partial charge in [-0.1, -0.05) is 116 Å². The van der Waals surface area contributed by atoms with Crippen molar-refractivity contribution in [2.24, 2.45) is 0 Å². The van der Waals surface area contributed by atoms with Gasteiger partial charge in [-0.05, 0) is 81.8 Å². The molecule has 0 saturated carbocycles. The van der Waals surface area contributed by atoms with Crippen LogP contribution in [-0.2, 0) is 26.5 Å². The number of pyridine rings is 2. The Balaban J connectivity index is 0.00000364. The maximum absolute atomic E-state index is 10.7. The van der Waals surface area contributed by atoms with Crippen molar-refractivity contribution in [1.82, 2.24) is 9.97 Å². The molecule has 4 heteroatoms. The van der Waals surface area contributed by atoms with Gasteiger partial charge in [0.2, 0.25) is 0 Å². The Hall–Kier alpha value is -5.11. The molecular weight excluding hydrogens is 768 g/mol. The molecule has 1 N–H and O–H groups in total. The largest absolute Gasteiger partial charge is 0.507 e. The first-order chi connectivity index (χ1) is 22.8. The van der Waals surface area contributed by atoms with Gasteiger partial charge in [-0.3, -0.25) is 9.97 Å². The number of aromatic hydroxyl groups is 1. The molecule has 3 nitrogen and oxygen atoms in total. The van der Waals surface area contributed by atoms with Crippen LogP contribution in [0.15, 0.2) is 140 Å². The fraction of sp³-hybridized carbons (Fsp3) is 0.0909. The van der Waals surface area contributed by atoms with E-state index in [1.807, 2.05) is 61.5 Å². The third-order valence-electron chi connectivity index (χ3n) is 9.33. The zero-order chi connectivity index (χ0) is 32.1. The Labute approximate surface area is 296 Å². The molecule has 7 aromatic rings. The molecule has 0 unspecified atom stereocenters. The molecule has 236 valence electrons. The molecule has 1 aliphatic carbocycles. The van der Waals surface area contributed by atoms with E-state index in [9.17, 15) is 5.11 Å². The van der Waals surface area contributed by atoms with Crippen molar-refractivity contribution in [2.75, 3.05) is 0 Å². The van der Waals surface area contributed by atoms with Gasteiger partial charge in [0.05, 0.1) is 5.69 Å². The second kappa shape index (κ2) is 12.5. The fourth-order valence-corrected chi connectivity index (χ4v) is 6.92. The molecule has 48 heavy (non-hydrogen) atoms. The van der Waals surface area contributed by atoms with Crippen molar-refractivity contribution < 1.29 is 26.2 Å². The topological polar surface area (TPSA) is 46.0 Å². The van der Waals surface area contributed by atoms with E-state index in [1.54, 1.807) is 6.07 Å². The van der Waals surface area contributed by atoms with Gasteiger partial charge in [0.25, 0.3) is 0 Å². The van der Waals surface area contributed by atoms with Gasteiger partial charge in [0, 0.05) is 49.1 Å². The summed E-state index contributed by atoms with van der Waals surface area (Å²) < 4.78 is 0. The summed E-state index contributed by atoms with van der Waals surface area (Å²) in [5.41, 5.74) is 15.5. The smallest absolute Gasteiger partial charge is 0.124 e. The molecule has 0 amide bonds. The average molecular weight is 801 g/mol. The van der Waals surface area contributed by atoms with Crippen LogP contribution in [-0.4, -0.2) is 15.1 Å². The van der Waals surface area contributed by atoms with E-state index in [4.69, 9.17) is 9.97 Å². The molecule has 2 heterocycles. The van der Waals surface area contributed by atoms with Crippen LogP contribution in [0.25, 0.3) is 67.2 Å². The van der Waals surface area contributed by atoms with Crippen LogP contribution < -0.4 is 0 Å². The number of phenolic OH excluding ortho intramolecular Hbond substituents is 1. The summed E-state index contributed by atoms with van der Waals surface area (Å²) >= 11 is 0. The first-order valence-corrected chi connectivity index (χ1v) is 16.0. The first kappa shape index (κ1) is 31.5. The van der Waals surface area contributed by atoms with Crippen LogP contribution in [0.2, 0.25) is 0 Å². The number of phenols is 1. The number of hydrogen-bond acceptors (Lipinski definition) is 3. The second-order valence-electron chi connectivity index (χ2n) is 12.8. The van der Waals surface area contributed by atoms with E-state index >= 15 is 0 Å². The van der Waals surface area contributed by atoms with Crippen molar-refractivity contribution in [2.45, 2.75) is 26.2 Å². The number of para-hydroxylation sites is 1. The van der Waals surface area contributed by atoms with Gasteiger partial charge in [0.1, 0.15) is 5.75 Å². The van der Waals surface area contributed by atoms with Gasteiger partial charge in [-0.2, -0.15) is 0 Å². The van der Waals surface area contributed by atoms with Crippen molar-refractivity contribution in [3.8, 4) is 72.9 Å². The number of benzene rings is 5. The number of rotatable bonds is 5. The summed E-state index contributed by atoms with van der Waals surface area (Å²) in [5.74, 6) is 0.198. The van der Waals surface area contributed by atoms with Gasteiger partial charge >= 0.3 is 0 Å². The molecule has 1 aliphatic rings. The van der Waals surface area contributed by atoms with E-state index in [-0.39, 0.29) is 32.2 Å². The second-order valence-corrected chi connectivity index (χ2v) is 12.8. The number of aromatic nitrogens is 2. The van der Waals surface area contributed by atoms with Crippen LogP contribution in [0.4, 0.5) is 0 Å². The van der Waals surface area contributed by atoms with Gasteiger partial charge in [-0.15, -0.1) is 24.3 Å². The summed E-state index contributed by atoms with van der Waals surface area (Å²) in [6, 6.07) is 51.4. The van der Waals surface area contributed by atoms with Crippen LogP contribution in [0, 0.1) is 13.0 Å². The fourth-order valence-electron chi connectivity index (χ4n) is 6.92. The van der Waals surface area contributed by atoms with E-state index < -0.39 is 0 Å². The molecule has 0 aliphatic heterocycles. The maximum Gasteiger partial charge on any atom is 0.124 e. The molecule has 0 bridgehead atoms. The van der Waals surface area contributed by atoms with E-state index in [0.717, 1.165) is 44.9 Å². The Morgan fingerprint density at radius 1 is 0.500 bits per heavy atom. The van der Waals surface area contributed by atoms with Crippen LogP contribution in [0.3, 0.4) is 0 Å². The Morgan fingerprint density at radius 2 is 1.10 bits per heavy atom. The van der Waals surface area contributed by atoms with Crippen LogP contribution in [0.5, 0.6) is 5.75 Å². The molecule has 0 saturated heterocycles.